The molecule has 4 heteroatoms. The Kier molecular flexibility index (Phi) is 4.03. The van der Waals surface area contributed by atoms with Crippen LogP contribution >= 0.6 is 11.6 Å². The summed E-state index contributed by atoms with van der Waals surface area (Å²) in [4.78, 5) is 0. The summed E-state index contributed by atoms with van der Waals surface area (Å²) in [5.41, 5.74) is 1.68. The van der Waals surface area contributed by atoms with E-state index in [1.807, 2.05) is 25.1 Å². The van der Waals surface area contributed by atoms with Gasteiger partial charge in [-0.3, -0.25) is 0 Å². The molecule has 0 saturated heterocycles. The number of nitriles is 1. The number of halogens is 2. The van der Waals surface area contributed by atoms with Crippen molar-refractivity contribution in [3.63, 3.8) is 0 Å². The minimum absolute atomic E-state index is 0.00830. The molecule has 2 rings (SSSR count). The van der Waals surface area contributed by atoms with Gasteiger partial charge >= 0.3 is 0 Å². The average molecular weight is 275 g/mol. The molecule has 2 nitrogen and oxygen atoms in total. The van der Waals surface area contributed by atoms with Crippen molar-refractivity contribution in [1.82, 2.24) is 0 Å². The van der Waals surface area contributed by atoms with Gasteiger partial charge in [-0.15, -0.1) is 0 Å². The zero-order valence-corrected chi connectivity index (χ0v) is 11.1. The average Bonchev–Trinajstić information content (AvgIpc) is 2.39. The molecule has 0 spiro atoms. The van der Waals surface area contributed by atoms with Gasteiger partial charge in [-0.25, -0.2) is 4.39 Å². The monoisotopic (exact) mass is 274 g/mol. The van der Waals surface area contributed by atoms with Crippen molar-refractivity contribution in [3.05, 3.63) is 64.4 Å². The van der Waals surface area contributed by atoms with E-state index in [0.717, 1.165) is 5.56 Å². The first-order valence-electron chi connectivity index (χ1n) is 5.82. The number of benzene rings is 2. The number of hydrogen-bond acceptors (Lipinski definition) is 2. The summed E-state index contributed by atoms with van der Waals surface area (Å²) in [5.74, 6) is -0.522. The molecule has 1 N–H and O–H groups in total. The summed E-state index contributed by atoms with van der Waals surface area (Å²) >= 11 is 5.93. The fourth-order valence-electron chi connectivity index (χ4n) is 1.80. The highest BCUT2D eigenvalue weighted by Crippen LogP contribution is 2.23. The third-order valence-electron chi connectivity index (χ3n) is 2.82. The second kappa shape index (κ2) is 5.73. The first-order chi connectivity index (χ1) is 9.10. The predicted molar refractivity (Wildman–Crippen MR) is 74.6 cm³/mol. The fourth-order valence-corrected chi connectivity index (χ4v) is 2.00. The van der Waals surface area contributed by atoms with Gasteiger partial charge in [0.1, 0.15) is 11.9 Å². The molecule has 0 aromatic heterocycles. The van der Waals surface area contributed by atoms with Crippen molar-refractivity contribution in [2.45, 2.75) is 13.0 Å². The Morgan fingerprint density at radius 1 is 1.26 bits per heavy atom. The fraction of sp³-hybridized carbons (Fsp3) is 0.133. The van der Waals surface area contributed by atoms with Crippen LogP contribution in [0.25, 0.3) is 0 Å². The van der Waals surface area contributed by atoms with E-state index in [2.05, 4.69) is 5.32 Å². The van der Waals surface area contributed by atoms with Crippen molar-refractivity contribution in [1.29, 1.82) is 5.26 Å². The van der Waals surface area contributed by atoms with E-state index in [0.29, 0.717) is 10.7 Å². The molecule has 2 aromatic rings. The highest BCUT2D eigenvalue weighted by Gasteiger charge is 2.08. The molecule has 0 aliphatic heterocycles. The summed E-state index contributed by atoms with van der Waals surface area (Å²) in [5, 5.41) is 12.5. The summed E-state index contributed by atoms with van der Waals surface area (Å²) in [6, 6.07) is 13.7. The number of rotatable bonds is 3. The second-order valence-corrected chi connectivity index (χ2v) is 4.66. The quantitative estimate of drug-likeness (QED) is 0.893. The van der Waals surface area contributed by atoms with Gasteiger partial charge in [0, 0.05) is 16.8 Å². The number of anilines is 1. The standard InChI is InChI=1S/C15H12ClFN2/c1-10(11-3-2-4-13(16)7-11)19-14-6-5-12(9-18)15(17)8-14/h2-8,10,19H,1H3. The highest BCUT2D eigenvalue weighted by molar-refractivity contribution is 6.30. The van der Waals surface area contributed by atoms with Crippen LogP contribution in [0.2, 0.25) is 5.02 Å². The molecule has 0 aliphatic rings. The molecule has 0 amide bonds. The van der Waals surface area contributed by atoms with Gasteiger partial charge in [-0.2, -0.15) is 5.26 Å². The maximum Gasteiger partial charge on any atom is 0.143 e. The topological polar surface area (TPSA) is 35.8 Å². The molecule has 1 unspecified atom stereocenters. The van der Waals surface area contributed by atoms with E-state index < -0.39 is 5.82 Å². The highest BCUT2D eigenvalue weighted by atomic mass is 35.5. The molecular formula is C15H12ClFN2. The smallest absolute Gasteiger partial charge is 0.143 e. The summed E-state index contributed by atoms with van der Waals surface area (Å²) in [7, 11) is 0. The largest absolute Gasteiger partial charge is 0.378 e. The minimum atomic E-state index is -0.522. The Balaban J connectivity index is 2.17. The molecule has 0 bridgehead atoms. The molecule has 2 aromatic carbocycles. The van der Waals surface area contributed by atoms with Crippen LogP contribution in [-0.2, 0) is 0 Å². The van der Waals surface area contributed by atoms with Crippen LogP contribution in [-0.4, -0.2) is 0 Å². The second-order valence-electron chi connectivity index (χ2n) is 4.23. The number of nitrogens with zero attached hydrogens (tertiary/aromatic N) is 1. The van der Waals surface area contributed by atoms with Crippen molar-refractivity contribution in [2.24, 2.45) is 0 Å². The van der Waals surface area contributed by atoms with E-state index in [9.17, 15) is 4.39 Å². The third kappa shape index (κ3) is 3.24. The van der Waals surface area contributed by atoms with Crippen LogP contribution in [0.3, 0.4) is 0 Å². The van der Waals surface area contributed by atoms with Crippen LogP contribution in [0.5, 0.6) is 0 Å². The summed E-state index contributed by atoms with van der Waals surface area (Å²) in [6.07, 6.45) is 0. The minimum Gasteiger partial charge on any atom is -0.378 e. The Morgan fingerprint density at radius 2 is 2.05 bits per heavy atom. The van der Waals surface area contributed by atoms with Gasteiger partial charge in [0.2, 0.25) is 0 Å². The van der Waals surface area contributed by atoms with E-state index in [1.165, 1.54) is 12.1 Å². The van der Waals surface area contributed by atoms with Gasteiger partial charge < -0.3 is 5.32 Å². The van der Waals surface area contributed by atoms with Crippen LogP contribution in [0, 0.1) is 17.1 Å². The lowest BCUT2D eigenvalue weighted by Gasteiger charge is -2.16. The predicted octanol–water partition coefficient (Wildman–Crippen LogP) is 4.52. The maximum atomic E-state index is 13.5. The number of hydrogen-bond donors (Lipinski definition) is 1. The Labute approximate surface area is 116 Å². The van der Waals surface area contributed by atoms with Crippen LogP contribution < -0.4 is 5.32 Å². The van der Waals surface area contributed by atoms with Gasteiger partial charge in [-0.05, 0) is 42.8 Å². The zero-order valence-electron chi connectivity index (χ0n) is 10.3. The molecule has 96 valence electrons. The first-order valence-corrected chi connectivity index (χ1v) is 6.19. The van der Waals surface area contributed by atoms with Gasteiger partial charge in [0.25, 0.3) is 0 Å². The van der Waals surface area contributed by atoms with Gasteiger partial charge in [-0.1, -0.05) is 23.7 Å². The van der Waals surface area contributed by atoms with Crippen molar-refractivity contribution in [3.8, 4) is 6.07 Å². The van der Waals surface area contributed by atoms with Crippen LogP contribution in [0.4, 0.5) is 10.1 Å². The van der Waals surface area contributed by atoms with Gasteiger partial charge in [0.05, 0.1) is 5.56 Å². The van der Waals surface area contributed by atoms with E-state index in [1.54, 1.807) is 18.2 Å². The summed E-state index contributed by atoms with van der Waals surface area (Å²) in [6.45, 7) is 1.96. The van der Waals surface area contributed by atoms with Crippen molar-refractivity contribution < 1.29 is 4.39 Å². The molecule has 0 heterocycles. The molecule has 0 fully saturated rings. The Bertz CT molecular complexity index is 634. The van der Waals surface area contributed by atoms with Crippen LogP contribution in [0.15, 0.2) is 42.5 Å². The third-order valence-corrected chi connectivity index (χ3v) is 3.06. The van der Waals surface area contributed by atoms with Crippen molar-refractivity contribution in [2.75, 3.05) is 5.32 Å². The lowest BCUT2D eigenvalue weighted by atomic mass is 10.1. The normalized spacial score (nSPS) is 11.7. The lowest BCUT2D eigenvalue weighted by Crippen LogP contribution is -2.06. The summed E-state index contributed by atoms with van der Waals surface area (Å²) < 4.78 is 13.5. The van der Waals surface area contributed by atoms with Gasteiger partial charge in [0.15, 0.2) is 0 Å². The Hall–Kier alpha value is -2.05. The first kappa shape index (κ1) is 13.4. The maximum absolute atomic E-state index is 13.5. The van der Waals surface area contributed by atoms with Crippen molar-refractivity contribution >= 4 is 17.3 Å². The Morgan fingerprint density at radius 3 is 2.68 bits per heavy atom. The van der Waals surface area contributed by atoms with E-state index in [4.69, 9.17) is 16.9 Å². The SMILES string of the molecule is CC(Nc1ccc(C#N)c(F)c1)c1cccc(Cl)c1. The van der Waals surface area contributed by atoms with E-state index >= 15 is 0 Å². The molecule has 0 aliphatic carbocycles. The number of nitrogens with one attached hydrogen (secondary N) is 1. The molecule has 0 saturated carbocycles. The van der Waals surface area contributed by atoms with E-state index in [-0.39, 0.29) is 11.6 Å². The molecule has 1 atom stereocenters. The zero-order chi connectivity index (χ0) is 13.8. The molecular weight excluding hydrogens is 263 g/mol. The lowest BCUT2D eigenvalue weighted by molar-refractivity contribution is 0.624. The molecule has 19 heavy (non-hydrogen) atoms. The van der Waals surface area contributed by atoms with Crippen LogP contribution in [0.1, 0.15) is 24.1 Å². The molecule has 0 radical (unpaired) electrons.